The largest absolute Gasteiger partial charge is 0.436 e. The van der Waals surface area contributed by atoms with Crippen molar-refractivity contribution in [2.75, 3.05) is 5.32 Å². The number of fused-ring (bicyclic) bond motifs is 1. The van der Waals surface area contributed by atoms with Gasteiger partial charge in [0.25, 0.3) is 5.91 Å². The van der Waals surface area contributed by atoms with Gasteiger partial charge in [0, 0.05) is 16.8 Å². The van der Waals surface area contributed by atoms with Gasteiger partial charge in [-0.1, -0.05) is 32.0 Å². The summed E-state index contributed by atoms with van der Waals surface area (Å²) in [7, 11) is 0. The molecule has 1 N–H and O–H groups in total. The van der Waals surface area contributed by atoms with E-state index in [-0.39, 0.29) is 5.91 Å². The van der Waals surface area contributed by atoms with Crippen molar-refractivity contribution in [3.8, 4) is 11.5 Å². The average Bonchev–Trinajstić information content (AvgIpc) is 3.13. The molecule has 1 amide bonds. The molecule has 0 aliphatic heterocycles. The summed E-state index contributed by atoms with van der Waals surface area (Å²) < 4.78 is 5.94. The second-order valence-electron chi connectivity index (χ2n) is 7.73. The molecule has 146 valence electrons. The molecule has 0 radical (unpaired) electrons. The molecule has 4 nitrogen and oxygen atoms in total. The second-order valence-corrected chi connectivity index (χ2v) is 7.73. The van der Waals surface area contributed by atoms with Crippen LogP contribution < -0.4 is 5.32 Å². The van der Waals surface area contributed by atoms with Crippen molar-refractivity contribution in [1.29, 1.82) is 0 Å². The monoisotopic (exact) mass is 384 g/mol. The Morgan fingerprint density at radius 2 is 1.79 bits per heavy atom. The van der Waals surface area contributed by atoms with Gasteiger partial charge in [-0.15, -0.1) is 0 Å². The van der Waals surface area contributed by atoms with E-state index < -0.39 is 0 Å². The first-order chi connectivity index (χ1) is 13.9. The molecule has 29 heavy (non-hydrogen) atoms. The summed E-state index contributed by atoms with van der Waals surface area (Å²) in [4.78, 5) is 17.3. The number of benzene rings is 3. The van der Waals surface area contributed by atoms with Gasteiger partial charge in [0.2, 0.25) is 5.89 Å². The van der Waals surface area contributed by atoms with Crippen LogP contribution >= 0.6 is 0 Å². The van der Waals surface area contributed by atoms with Gasteiger partial charge < -0.3 is 9.73 Å². The van der Waals surface area contributed by atoms with E-state index in [2.05, 4.69) is 36.3 Å². The van der Waals surface area contributed by atoms with E-state index in [4.69, 9.17) is 4.42 Å². The van der Waals surface area contributed by atoms with E-state index in [0.717, 1.165) is 22.2 Å². The lowest BCUT2D eigenvalue weighted by atomic mass is 10.0. The predicted molar refractivity (Wildman–Crippen MR) is 117 cm³/mol. The number of anilines is 1. The number of carbonyl (C=O) groups excluding carboxylic acids is 1. The standard InChI is InChI=1S/C25H24N2O2/c1-15(2)18-10-11-23-22(14-18)27-25(29-23)20-6-5-7-21(13-20)26-24(28)19-9-8-16(3)17(4)12-19/h5-15H,1-4H3,(H,26,28). The summed E-state index contributed by atoms with van der Waals surface area (Å²) in [6.45, 7) is 8.35. The average molecular weight is 384 g/mol. The van der Waals surface area contributed by atoms with E-state index in [1.165, 1.54) is 11.1 Å². The van der Waals surface area contributed by atoms with Crippen molar-refractivity contribution < 1.29 is 9.21 Å². The molecule has 1 heterocycles. The van der Waals surface area contributed by atoms with Gasteiger partial charge in [-0.3, -0.25) is 4.79 Å². The lowest BCUT2D eigenvalue weighted by Crippen LogP contribution is -2.12. The summed E-state index contributed by atoms with van der Waals surface area (Å²) >= 11 is 0. The van der Waals surface area contributed by atoms with Crippen LogP contribution in [-0.4, -0.2) is 10.9 Å². The maximum absolute atomic E-state index is 12.6. The molecule has 0 saturated heterocycles. The lowest BCUT2D eigenvalue weighted by molar-refractivity contribution is 0.102. The van der Waals surface area contributed by atoms with Gasteiger partial charge in [0.1, 0.15) is 5.52 Å². The fourth-order valence-corrected chi connectivity index (χ4v) is 3.24. The van der Waals surface area contributed by atoms with Crippen molar-refractivity contribution in [1.82, 2.24) is 4.98 Å². The summed E-state index contributed by atoms with van der Waals surface area (Å²) in [5, 5.41) is 2.96. The topological polar surface area (TPSA) is 55.1 Å². The van der Waals surface area contributed by atoms with Crippen molar-refractivity contribution in [3.05, 3.63) is 82.9 Å². The normalized spacial score (nSPS) is 11.2. The molecule has 1 aromatic heterocycles. The first kappa shape index (κ1) is 18.9. The Labute approximate surface area is 170 Å². The van der Waals surface area contributed by atoms with Crippen LogP contribution in [0.2, 0.25) is 0 Å². The molecule has 4 aromatic rings. The Bertz CT molecular complexity index is 1200. The van der Waals surface area contributed by atoms with Gasteiger partial charge in [0.05, 0.1) is 0 Å². The highest BCUT2D eigenvalue weighted by atomic mass is 16.3. The minimum absolute atomic E-state index is 0.135. The van der Waals surface area contributed by atoms with Gasteiger partial charge in [0.15, 0.2) is 5.58 Å². The number of amides is 1. The molecule has 0 atom stereocenters. The van der Waals surface area contributed by atoms with E-state index in [1.54, 1.807) is 0 Å². The molecular weight excluding hydrogens is 360 g/mol. The summed E-state index contributed by atoms with van der Waals surface area (Å²) in [5.74, 6) is 0.844. The number of oxazole rings is 1. The van der Waals surface area contributed by atoms with E-state index in [9.17, 15) is 4.79 Å². The molecule has 0 saturated carbocycles. The van der Waals surface area contributed by atoms with Crippen LogP contribution in [-0.2, 0) is 0 Å². The highest BCUT2D eigenvalue weighted by Gasteiger charge is 2.12. The maximum Gasteiger partial charge on any atom is 0.255 e. The number of nitrogens with one attached hydrogen (secondary N) is 1. The van der Waals surface area contributed by atoms with Gasteiger partial charge in [-0.2, -0.15) is 0 Å². The number of aromatic nitrogens is 1. The number of rotatable bonds is 4. The first-order valence-electron chi connectivity index (χ1n) is 9.80. The van der Waals surface area contributed by atoms with Crippen LogP contribution in [0.4, 0.5) is 5.69 Å². The molecule has 0 bridgehead atoms. The number of nitrogens with zero attached hydrogens (tertiary/aromatic N) is 1. The molecule has 4 rings (SSSR count). The zero-order valence-corrected chi connectivity index (χ0v) is 17.1. The number of carbonyl (C=O) groups is 1. The van der Waals surface area contributed by atoms with Crippen LogP contribution in [0.3, 0.4) is 0 Å². The highest BCUT2D eigenvalue weighted by molar-refractivity contribution is 6.04. The number of hydrogen-bond donors (Lipinski definition) is 1. The quantitative estimate of drug-likeness (QED) is 0.438. The van der Waals surface area contributed by atoms with Gasteiger partial charge in [-0.25, -0.2) is 4.98 Å². The number of hydrogen-bond acceptors (Lipinski definition) is 3. The third-order valence-corrected chi connectivity index (χ3v) is 5.21. The molecule has 4 heteroatoms. The third kappa shape index (κ3) is 3.92. The Balaban J connectivity index is 1.60. The molecule has 0 unspecified atom stereocenters. The Hall–Kier alpha value is -3.40. The van der Waals surface area contributed by atoms with E-state index in [1.807, 2.05) is 62.4 Å². The van der Waals surface area contributed by atoms with Crippen molar-refractivity contribution >= 4 is 22.7 Å². The van der Waals surface area contributed by atoms with Crippen LogP contribution in [0.25, 0.3) is 22.6 Å². The molecule has 0 spiro atoms. The van der Waals surface area contributed by atoms with Gasteiger partial charge in [-0.05, 0) is 78.9 Å². The van der Waals surface area contributed by atoms with Crippen molar-refractivity contribution in [3.63, 3.8) is 0 Å². The lowest BCUT2D eigenvalue weighted by Gasteiger charge is -2.08. The Kier molecular flexibility index (Phi) is 4.93. The zero-order valence-electron chi connectivity index (χ0n) is 17.1. The smallest absolute Gasteiger partial charge is 0.255 e. The van der Waals surface area contributed by atoms with Gasteiger partial charge >= 0.3 is 0 Å². The fourth-order valence-electron chi connectivity index (χ4n) is 3.24. The highest BCUT2D eigenvalue weighted by Crippen LogP contribution is 2.28. The van der Waals surface area contributed by atoms with Crippen LogP contribution in [0, 0.1) is 13.8 Å². The van der Waals surface area contributed by atoms with E-state index in [0.29, 0.717) is 23.1 Å². The van der Waals surface area contributed by atoms with E-state index >= 15 is 0 Å². The molecular formula is C25H24N2O2. The molecule has 0 fully saturated rings. The van der Waals surface area contributed by atoms with Crippen LogP contribution in [0.1, 0.15) is 46.8 Å². The predicted octanol–water partition coefficient (Wildman–Crippen LogP) is 6.49. The third-order valence-electron chi connectivity index (χ3n) is 5.21. The summed E-state index contributed by atoms with van der Waals surface area (Å²) in [6.07, 6.45) is 0. The van der Waals surface area contributed by atoms with Crippen LogP contribution in [0.5, 0.6) is 0 Å². The summed E-state index contributed by atoms with van der Waals surface area (Å²) in [6, 6.07) is 19.4. The minimum Gasteiger partial charge on any atom is -0.436 e. The maximum atomic E-state index is 12.6. The van der Waals surface area contributed by atoms with Crippen molar-refractivity contribution in [2.45, 2.75) is 33.6 Å². The minimum atomic E-state index is -0.135. The fraction of sp³-hybridized carbons (Fsp3) is 0.200. The molecule has 0 aliphatic carbocycles. The number of aryl methyl sites for hydroxylation is 2. The SMILES string of the molecule is Cc1ccc(C(=O)Nc2cccc(-c3nc4cc(C(C)C)ccc4o3)c2)cc1C. The molecule has 3 aromatic carbocycles. The Morgan fingerprint density at radius 3 is 2.55 bits per heavy atom. The summed E-state index contributed by atoms with van der Waals surface area (Å²) in [5.41, 5.74) is 7.26. The van der Waals surface area contributed by atoms with Crippen molar-refractivity contribution in [2.24, 2.45) is 0 Å². The zero-order chi connectivity index (χ0) is 20.5. The first-order valence-corrected chi connectivity index (χ1v) is 9.80. The molecule has 0 aliphatic rings. The Morgan fingerprint density at radius 1 is 0.966 bits per heavy atom. The van der Waals surface area contributed by atoms with Crippen LogP contribution in [0.15, 0.2) is 65.1 Å². The second kappa shape index (κ2) is 7.55.